The minimum absolute atomic E-state index is 0.0945. The fourth-order valence-corrected chi connectivity index (χ4v) is 2.38. The molecule has 0 aliphatic carbocycles. The van der Waals surface area contributed by atoms with Crippen LogP contribution in [0.1, 0.15) is 10.4 Å². The summed E-state index contributed by atoms with van der Waals surface area (Å²) in [4.78, 5) is 12.0. The van der Waals surface area contributed by atoms with E-state index in [-0.39, 0.29) is 10.0 Å². The lowest BCUT2D eigenvalue weighted by Crippen LogP contribution is -2.14. The van der Waals surface area contributed by atoms with E-state index in [0.717, 1.165) is 0 Å². The van der Waals surface area contributed by atoms with Crippen molar-refractivity contribution in [3.63, 3.8) is 0 Å². The van der Waals surface area contributed by atoms with Crippen molar-refractivity contribution in [3.8, 4) is 0 Å². The minimum Gasteiger partial charge on any atom is -0.322 e. The first-order valence-corrected chi connectivity index (χ1v) is 6.78. The summed E-state index contributed by atoms with van der Waals surface area (Å²) in [6.07, 6.45) is 0. The Hall–Kier alpha value is -1.27. The molecule has 0 spiro atoms. The fourth-order valence-electron chi connectivity index (χ4n) is 1.48. The maximum atomic E-state index is 13.6. The van der Waals surface area contributed by atoms with E-state index >= 15 is 0 Å². The normalized spacial score (nSPS) is 10.3. The molecule has 98 valence electrons. The van der Waals surface area contributed by atoms with E-state index in [2.05, 4.69) is 37.2 Å². The van der Waals surface area contributed by atoms with Gasteiger partial charge in [0.25, 0.3) is 5.91 Å². The second kappa shape index (κ2) is 5.79. The van der Waals surface area contributed by atoms with Crippen molar-refractivity contribution in [1.82, 2.24) is 0 Å². The molecule has 6 heteroatoms. The zero-order valence-electron chi connectivity index (χ0n) is 9.38. The van der Waals surface area contributed by atoms with Gasteiger partial charge in [-0.05, 0) is 62.2 Å². The number of hydrogen-bond acceptors (Lipinski definition) is 1. The Morgan fingerprint density at radius 1 is 1.00 bits per heavy atom. The van der Waals surface area contributed by atoms with Crippen LogP contribution in [-0.4, -0.2) is 5.91 Å². The van der Waals surface area contributed by atoms with Crippen LogP contribution < -0.4 is 5.32 Å². The van der Waals surface area contributed by atoms with Crippen molar-refractivity contribution in [1.29, 1.82) is 0 Å². The van der Waals surface area contributed by atoms with E-state index in [1.165, 1.54) is 30.3 Å². The van der Waals surface area contributed by atoms with Gasteiger partial charge in [0.2, 0.25) is 0 Å². The topological polar surface area (TPSA) is 29.1 Å². The monoisotopic (exact) mass is 389 g/mol. The predicted octanol–water partition coefficient (Wildman–Crippen LogP) is 4.74. The summed E-state index contributed by atoms with van der Waals surface area (Å²) >= 11 is 6.13. The number of carbonyl (C=O) groups is 1. The first kappa shape index (κ1) is 14.1. The van der Waals surface area contributed by atoms with Crippen LogP contribution >= 0.6 is 31.9 Å². The van der Waals surface area contributed by atoms with E-state index < -0.39 is 17.5 Å². The quantitative estimate of drug-likeness (QED) is 0.788. The lowest BCUT2D eigenvalue weighted by Gasteiger charge is -2.08. The number of anilines is 1. The molecule has 19 heavy (non-hydrogen) atoms. The molecule has 2 rings (SSSR count). The third kappa shape index (κ3) is 3.19. The summed E-state index contributed by atoms with van der Waals surface area (Å²) in [7, 11) is 0. The number of benzene rings is 2. The number of carbonyl (C=O) groups excluding carboxylic acids is 1. The molecule has 0 aromatic heterocycles. The van der Waals surface area contributed by atoms with Gasteiger partial charge >= 0.3 is 0 Å². The van der Waals surface area contributed by atoms with Gasteiger partial charge in [0.1, 0.15) is 11.6 Å². The molecule has 0 radical (unpaired) electrons. The van der Waals surface area contributed by atoms with Gasteiger partial charge in [-0.1, -0.05) is 6.07 Å². The minimum atomic E-state index is -0.631. The van der Waals surface area contributed by atoms with E-state index in [1.807, 2.05) is 0 Å². The van der Waals surface area contributed by atoms with Gasteiger partial charge in [0.15, 0.2) is 0 Å². The summed E-state index contributed by atoms with van der Waals surface area (Å²) in [5, 5.41) is 2.50. The Bertz CT molecular complexity index is 626. The van der Waals surface area contributed by atoms with E-state index in [9.17, 15) is 13.6 Å². The van der Waals surface area contributed by atoms with Crippen LogP contribution in [0.15, 0.2) is 45.3 Å². The standard InChI is InChI=1S/C13H7Br2F2NO/c14-8-2-1-3-11(17)12(8)13(19)18-7-4-5-10(16)9(15)6-7/h1-6H,(H,18,19). The molecule has 0 aliphatic heterocycles. The number of amides is 1. The third-order valence-electron chi connectivity index (χ3n) is 2.37. The number of hydrogen-bond donors (Lipinski definition) is 1. The van der Waals surface area contributed by atoms with E-state index in [1.54, 1.807) is 6.07 Å². The van der Waals surface area contributed by atoms with Crippen molar-refractivity contribution >= 4 is 43.5 Å². The third-order valence-corrected chi connectivity index (χ3v) is 3.64. The van der Waals surface area contributed by atoms with Crippen molar-refractivity contribution in [2.45, 2.75) is 0 Å². The molecular weight excluding hydrogens is 384 g/mol. The maximum Gasteiger partial charge on any atom is 0.259 e. The molecule has 0 saturated heterocycles. The van der Waals surface area contributed by atoms with Crippen LogP contribution in [-0.2, 0) is 0 Å². The highest BCUT2D eigenvalue weighted by Gasteiger charge is 2.15. The molecule has 1 N–H and O–H groups in total. The molecule has 2 aromatic carbocycles. The first-order valence-electron chi connectivity index (χ1n) is 5.19. The molecule has 0 atom stereocenters. The van der Waals surface area contributed by atoms with Crippen molar-refractivity contribution in [2.24, 2.45) is 0 Å². The van der Waals surface area contributed by atoms with E-state index in [4.69, 9.17) is 0 Å². The number of rotatable bonds is 2. The Labute approximate surface area is 125 Å². The smallest absolute Gasteiger partial charge is 0.259 e. The van der Waals surface area contributed by atoms with Gasteiger partial charge in [-0.2, -0.15) is 0 Å². The molecule has 0 saturated carbocycles. The van der Waals surface area contributed by atoms with Gasteiger partial charge < -0.3 is 5.32 Å². The van der Waals surface area contributed by atoms with Crippen LogP contribution in [0.3, 0.4) is 0 Å². The highest BCUT2D eigenvalue weighted by molar-refractivity contribution is 9.10. The fraction of sp³-hybridized carbons (Fsp3) is 0. The molecule has 0 fully saturated rings. The first-order chi connectivity index (χ1) is 8.99. The van der Waals surface area contributed by atoms with Gasteiger partial charge in [-0.3, -0.25) is 4.79 Å². The summed E-state index contributed by atoms with van der Waals surface area (Å²) in [5.74, 6) is -1.68. The summed E-state index contributed by atoms with van der Waals surface area (Å²) in [6.45, 7) is 0. The van der Waals surface area contributed by atoms with Crippen LogP contribution in [0.25, 0.3) is 0 Å². The van der Waals surface area contributed by atoms with Crippen molar-refractivity contribution in [2.75, 3.05) is 5.32 Å². The van der Waals surface area contributed by atoms with Crippen LogP contribution in [0.2, 0.25) is 0 Å². The highest BCUT2D eigenvalue weighted by Crippen LogP contribution is 2.23. The van der Waals surface area contributed by atoms with Crippen molar-refractivity contribution < 1.29 is 13.6 Å². The Morgan fingerprint density at radius 3 is 2.37 bits per heavy atom. The Kier molecular flexibility index (Phi) is 4.31. The molecule has 2 nitrogen and oxygen atoms in total. The molecule has 0 heterocycles. The Balaban J connectivity index is 2.28. The largest absolute Gasteiger partial charge is 0.322 e. The molecule has 0 aliphatic rings. The molecule has 0 bridgehead atoms. The highest BCUT2D eigenvalue weighted by atomic mass is 79.9. The lowest BCUT2D eigenvalue weighted by atomic mass is 10.2. The van der Waals surface area contributed by atoms with Gasteiger partial charge in [-0.25, -0.2) is 8.78 Å². The molecule has 1 amide bonds. The molecule has 2 aromatic rings. The summed E-state index contributed by atoms with van der Waals surface area (Å²) in [6, 6.07) is 8.26. The predicted molar refractivity (Wildman–Crippen MR) is 76.2 cm³/mol. The second-order valence-corrected chi connectivity index (χ2v) is 5.39. The number of halogens is 4. The van der Waals surface area contributed by atoms with Crippen LogP contribution in [0.4, 0.5) is 14.5 Å². The second-order valence-electron chi connectivity index (χ2n) is 3.68. The summed E-state index contributed by atoms with van der Waals surface area (Å²) < 4.78 is 27.2. The average Bonchev–Trinajstić information content (AvgIpc) is 2.33. The van der Waals surface area contributed by atoms with E-state index in [0.29, 0.717) is 10.2 Å². The molecule has 0 unspecified atom stereocenters. The van der Waals surface area contributed by atoms with Gasteiger partial charge in [-0.15, -0.1) is 0 Å². The van der Waals surface area contributed by atoms with Gasteiger partial charge in [0, 0.05) is 10.2 Å². The van der Waals surface area contributed by atoms with Crippen molar-refractivity contribution in [3.05, 3.63) is 62.5 Å². The molecular formula is C13H7Br2F2NO. The van der Waals surface area contributed by atoms with Crippen LogP contribution in [0, 0.1) is 11.6 Å². The summed E-state index contributed by atoms with van der Waals surface area (Å²) in [5.41, 5.74) is 0.274. The zero-order valence-corrected chi connectivity index (χ0v) is 12.6. The lowest BCUT2D eigenvalue weighted by molar-refractivity contribution is 0.102. The Morgan fingerprint density at radius 2 is 1.74 bits per heavy atom. The van der Waals surface area contributed by atoms with Gasteiger partial charge in [0.05, 0.1) is 10.0 Å². The average molecular weight is 391 g/mol. The number of nitrogens with one attached hydrogen (secondary N) is 1. The SMILES string of the molecule is O=C(Nc1ccc(F)c(Br)c1)c1c(F)cccc1Br. The maximum absolute atomic E-state index is 13.6. The van der Waals surface area contributed by atoms with Crippen LogP contribution in [0.5, 0.6) is 0 Å². The zero-order chi connectivity index (χ0) is 14.0.